The average molecular weight is 343 g/mol. The van der Waals surface area contributed by atoms with Crippen LogP contribution in [0.5, 0.6) is 0 Å². The summed E-state index contributed by atoms with van der Waals surface area (Å²) in [5.41, 5.74) is 1.23. The van der Waals surface area contributed by atoms with E-state index in [9.17, 15) is 9.59 Å². The van der Waals surface area contributed by atoms with Gasteiger partial charge < -0.3 is 15.1 Å². The van der Waals surface area contributed by atoms with E-state index in [2.05, 4.69) is 31.3 Å². The summed E-state index contributed by atoms with van der Waals surface area (Å²) >= 11 is 0. The highest BCUT2D eigenvalue weighted by Gasteiger charge is 2.34. The standard InChI is InChI=1S/C20H29N3O2/c1-15(17-7-4-3-5-8-17)16(2)21-20(25)23-12-6-11-22(13-14-23)19(24)18-9-10-18/h3-5,7-8,15-16,18H,6,9-14H2,1-2H3,(H,21,25)/t15-,16-/m1/s1. The van der Waals surface area contributed by atoms with E-state index in [-0.39, 0.29) is 29.8 Å². The molecule has 0 unspecified atom stereocenters. The van der Waals surface area contributed by atoms with Gasteiger partial charge in [0.25, 0.3) is 0 Å². The molecule has 136 valence electrons. The summed E-state index contributed by atoms with van der Waals surface area (Å²) in [6.07, 6.45) is 2.93. The van der Waals surface area contributed by atoms with E-state index < -0.39 is 0 Å². The van der Waals surface area contributed by atoms with Crippen LogP contribution in [0.2, 0.25) is 0 Å². The predicted molar refractivity (Wildman–Crippen MR) is 98.3 cm³/mol. The maximum atomic E-state index is 12.6. The molecule has 5 heteroatoms. The second-order valence-corrected chi connectivity index (χ2v) is 7.38. The first-order chi connectivity index (χ1) is 12.1. The number of urea groups is 1. The normalized spacial score (nSPS) is 20.6. The van der Waals surface area contributed by atoms with Gasteiger partial charge in [-0.15, -0.1) is 0 Å². The van der Waals surface area contributed by atoms with Crippen molar-refractivity contribution in [3.8, 4) is 0 Å². The van der Waals surface area contributed by atoms with Gasteiger partial charge in [0.1, 0.15) is 0 Å². The van der Waals surface area contributed by atoms with E-state index in [1.165, 1.54) is 5.56 Å². The fourth-order valence-electron chi connectivity index (χ4n) is 3.39. The van der Waals surface area contributed by atoms with Crippen molar-refractivity contribution in [2.45, 2.75) is 45.1 Å². The molecule has 2 fully saturated rings. The van der Waals surface area contributed by atoms with Crippen molar-refractivity contribution in [3.63, 3.8) is 0 Å². The van der Waals surface area contributed by atoms with Gasteiger partial charge in [-0.3, -0.25) is 4.79 Å². The lowest BCUT2D eigenvalue weighted by Gasteiger charge is -2.27. The fourth-order valence-corrected chi connectivity index (χ4v) is 3.39. The highest BCUT2D eigenvalue weighted by Crippen LogP contribution is 2.31. The SMILES string of the molecule is C[C@@H](NC(=O)N1CCCN(C(=O)C2CC2)CC1)[C@@H](C)c1ccccc1. The number of nitrogens with zero attached hydrogens (tertiary/aromatic N) is 2. The topological polar surface area (TPSA) is 52.7 Å². The number of hydrogen-bond donors (Lipinski definition) is 1. The molecule has 1 N–H and O–H groups in total. The predicted octanol–water partition coefficient (Wildman–Crippen LogP) is 2.83. The molecule has 1 aromatic carbocycles. The Morgan fingerprint density at radius 2 is 1.64 bits per heavy atom. The van der Waals surface area contributed by atoms with Crippen LogP contribution in [0.4, 0.5) is 4.79 Å². The van der Waals surface area contributed by atoms with Crippen LogP contribution in [-0.2, 0) is 4.79 Å². The van der Waals surface area contributed by atoms with Gasteiger partial charge in [0.2, 0.25) is 5.91 Å². The molecule has 5 nitrogen and oxygen atoms in total. The van der Waals surface area contributed by atoms with Crippen molar-refractivity contribution in [2.24, 2.45) is 5.92 Å². The third kappa shape index (κ3) is 4.53. The zero-order chi connectivity index (χ0) is 17.8. The molecule has 2 atom stereocenters. The molecule has 1 saturated heterocycles. The number of rotatable bonds is 4. The van der Waals surface area contributed by atoms with Gasteiger partial charge >= 0.3 is 6.03 Å². The van der Waals surface area contributed by atoms with Gasteiger partial charge in [0.15, 0.2) is 0 Å². The number of benzene rings is 1. The average Bonchev–Trinajstić information content (AvgIpc) is 3.47. The van der Waals surface area contributed by atoms with E-state index in [0.29, 0.717) is 19.6 Å². The highest BCUT2D eigenvalue weighted by atomic mass is 16.2. The minimum absolute atomic E-state index is 0.0176. The largest absolute Gasteiger partial charge is 0.341 e. The molecule has 3 amide bonds. The van der Waals surface area contributed by atoms with Gasteiger partial charge in [-0.2, -0.15) is 0 Å². The Labute approximate surface area is 150 Å². The van der Waals surface area contributed by atoms with Crippen LogP contribution in [0.15, 0.2) is 30.3 Å². The Balaban J connectivity index is 1.51. The molecule has 1 aromatic rings. The second kappa shape index (κ2) is 7.89. The monoisotopic (exact) mass is 343 g/mol. The lowest BCUT2D eigenvalue weighted by Crippen LogP contribution is -2.47. The molecule has 0 radical (unpaired) electrons. The Bertz CT molecular complexity index is 600. The van der Waals surface area contributed by atoms with E-state index in [4.69, 9.17) is 0 Å². The van der Waals surface area contributed by atoms with Crippen molar-refractivity contribution in [2.75, 3.05) is 26.2 Å². The highest BCUT2D eigenvalue weighted by molar-refractivity contribution is 5.81. The fraction of sp³-hybridized carbons (Fsp3) is 0.600. The molecular formula is C20H29N3O2. The first kappa shape index (κ1) is 17.8. The van der Waals surface area contributed by atoms with Crippen molar-refractivity contribution in [3.05, 3.63) is 35.9 Å². The van der Waals surface area contributed by atoms with Crippen molar-refractivity contribution in [1.29, 1.82) is 0 Å². The summed E-state index contributed by atoms with van der Waals surface area (Å²) in [5.74, 6) is 0.797. The van der Waals surface area contributed by atoms with Gasteiger partial charge in [-0.1, -0.05) is 37.3 Å². The number of nitrogens with one attached hydrogen (secondary N) is 1. The van der Waals surface area contributed by atoms with E-state index in [1.807, 2.05) is 28.0 Å². The minimum Gasteiger partial charge on any atom is -0.341 e. The van der Waals surface area contributed by atoms with Crippen molar-refractivity contribution in [1.82, 2.24) is 15.1 Å². The van der Waals surface area contributed by atoms with E-state index in [0.717, 1.165) is 25.8 Å². The zero-order valence-electron chi connectivity index (χ0n) is 15.3. The number of hydrogen-bond acceptors (Lipinski definition) is 2. The Morgan fingerprint density at radius 1 is 1.00 bits per heavy atom. The molecule has 1 aliphatic heterocycles. The summed E-state index contributed by atoms with van der Waals surface area (Å²) in [6, 6.07) is 10.3. The summed E-state index contributed by atoms with van der Waals surface area (Å²) in [5, 5.41) is 3.14. The van der Waals surface area contributed by atoms with E-state index >= 15 is 0 Å². The molecule has 1 saturated carbocycles. The molecule has 0 aromatic heterocycles. The summed E-state index contributed by atoms with van der Waals surface area (Å²) < 4.78 is 0. The molecule has 0 spiro atoms. The third-order valence-corrected chi connectivity index (χ3v) is 5.45. The lowest BCUT2D eigenvalue weighted by atomic mass is 9.94. The Kier molecular flexibility index (Phi) is 5.61. The number of carbonyl (C=O) groups is 2. The molecule has 1 heterocycles. The molecule has 0 bridgehead atoms. The second-order valence-electron chi connectivity index (χ2n) is 7.38. The molecule has 25 heavy (non-hydrogen) atoms. The first-order valence-corrected chi connectivity index (χ1v) is 9.45. The molecular weight excluding hydrogens is 314 g/mol. The number of carbonyl (C=O) groups excluding carboxylic acids is 2. The molecule has 2 aliphatic rings. The van der Waals surface area contributed by atoms with E-state index in [1.54, 1.807) is 0 Å². The Morgan fingerprint density at radius 3 is 2.32 bits per heavy atom. The quantitative estimate of drug-likeness (QED) is 0.914. The zero-order valence-corrected chi connectivity index (χ0v) is 15.3. The van der Waals surface area contributed by atoms with Crippen molar-refractivity contribution < 1.29 is 9.59 Å². The van der Waals surface area contributed by atoms with Gasteiger partial charge in [0.05, 0.1) is 0 Å². The smallest absolute Gasteiger partial charge is 0.317 e. The van der Waals surface area contributed by atoms with Crippen LogP contribution in [0.1, 0.15) is 44.6 Å². The third-order valence-electron chi connectivity index (χ3n) is 5.45. The maximum Gasteiger partial charge on any atom is 0.317 e. The van der Waals surface area contributed by atoms with Gasteiger partial charge in [-0.05, 0) is 31.7 Å². The minimum atomic E-state index is -0.0176. The number of amides is 3. The summed E-state index contributed by atoms with van der Waals surface area (Å²) in [6.45, 7) is 6.96. The van der Waals surface area contributed by atoms with Crippen LogP contribution >= 0.6 is 0 Å². The lowest BCUT2D eigenvalue weighted by molar-refractivity contribution is -0.132. The van der Waals surface area contributed by atoms with Gasteiger partial charge in [0, 0.05) is 44.1 Å². The summed E-state index contributed by atoms with van der Waals surface area (Å²) in [4.78, 5) is 28.7. The van der Waals surface area contributed by atoms with Crippen LogP contribution in [0.3, 0.4) is 0 Å². The maximum absolute atomic E-state index is 12.6. The summed E-state index contributed by atoms with van der Waals surface area (Å²) in [7, 11) is 0. The Hall–Kier alpha value is -2.04. The molecule has 3 rings (SSSR count). The first-order valence-electron chi connectivity index (χ1n) is 9.45. The van der Waals surface area contributed by atoms with Crippen molar-refractivity contribution >= 4 is 11.9 Å². The van der Waals surface area contributed by atoms with Crippen LogP contribution in [0, 0.1) is 5.92 Å². The van der Waals surface area contributed by atoms with Crippen LogP contribution in [-0.4, -0.2) is 54.0 Å². The van der Waals surface area contributed by atoms with Gasteiger partial charge in [-0.25, -0.2) is 4.79 Å². The van der Waals surface area contributed by atoms with Crippen LogP contribution in [0.25, 0.3) is 0 Å². The van der Waals surface area contributed by atoms with Crippen LogP contribution < -0.4 is 5.32 Å². The molecule has 1 aliphatic carbocycles.